The van der Waals surface area contributed by atoms with Gasteiger partial charge in [0, 0.05) is 0 Å². The van der Waals surface area contributed by atoms with Crippen LogP contribution >= 0.6 is 35.0 Å². The van der Waals surface area contributed by atoms with Gasteiger partial charge in [0.05, 0.1) is 21.6 Å². The van der Waals surface area contributed by atoms with Crippen molar-refractivity contribution in [2.75, 3.05) is 6.61 Å². The fraction of sp³-hybridized carbons (Fsp3) is 0.261. The van der Waals surface area contributed by atoms with Crippen molar-refractivity contribution < 1.29 is 23.9 Å². The van der Waals surface area contributed by atoms with E-state index in [9.17, 15) is 14.4 Å². The van der Waals surface area contributed by atoms with Crippen LogP contribution < -0.4 is 4.74 Å². The van der Waals surface area contributed by atoms with Gasteiger partial charge in [-0.2, -0.15) is 0 Å². The van der Waals surface area contributed by atoms with Crippen molar-refractivity contribution in [3.8, 4) is 5.75 Å². The Morgan fingerprint density at radius 1 is 1.19 bits per heavy atom. The third-order valence-corrected chi connectivity index (χ3v) is 6.07. The highest BCUT2D eigenvalue weighted by atomic mass is 35.5. The molecule has 9 heteroatoms. The van der Waals surface area contributed by atoms with Crippen LogP contribution in [0.2, 0.25) is 10.0 Å². The quantitative estimate of drug-likeness (QED) is 0.354. The molecule has 1 aliphatic heterocycles. The predicted molar refractivity (Wildman–Crippen MR) is 126 cm³/mol. The van der Waals surface area contributed by atoms with Crippen LogP contribution in [-0.2, 0) is 20.9 Å². The zero-order valence-corrected chi connectivity index (χ0v) is 20.0. The van der Waals surface area contributed by atoms with Gasteiger partial charge in [-0.05, 0) is 61.9 Å². The third-order valence-electron chi connectivity index (χ3n) is 4.62. The first-order valence-corrected chi connectivity index (χ1v) is 11.4. The van der Waals surface area contributed by atoms with Gasteiger partial charge in [-0.3, -0.25) is 14.5 Å². The molecule has 0 spiro atoms. The van der Waals surface area contributed by atoms with Crippen LogP contribution in [0.4, 0.5) is 4.79 Å². The number of nitrogens with zero attached hydrogens (tertiary/aromatic N) is 1. The number of hydrogen-bond donors (Lipinski definition) is 0. The van der Waals surface area contributed by atoms with Gasteiger partial charge in [-0.1, -0.05) is 53.0 Å². The van der Waals surface area contributed by atoms with E-state index in [2.05, 4.69) is 0 Å². The second kappa shape index (κ2) is 10.4. The summed E-state index contributed by atoms with van der Waals surface area (Å²) in [4.78, 5) is 38.0. The largest absolute Gasteiger partial charge is 0.486 e. The molecular formula is C23H21Cl2NO5S. The van der Waals surface area contributed by atoms with E-state index in [0.29, 0.717) is 17.9 Å². The monoisotopic (exact) mass is 493 g/mol. The molecule has 1 heterocycles. The summed E-state index contributed by atoms with van der Waals surface area (Å²) in [5, 5.41) is 0.00292. The minimum atomic E-state index is -1.02. The minimum absolute atomic E-state index is 0.157. The molecular weight excluding hydrogens is 473 g/mol. The van der Waals surface area contributed by atoms with E-state index in [4.69, 9.17) is 32.7 Å². The fourth-order valence-corrected chi connectivity index (χ4v) is 4.61. The highest BCUT2D eigenvalue weighted by Crippen LogP contribution is 2.38. The van der Waals surface area contributed by atoms with Crippen molar-refractivity contribution in [2.24, 2.45) is 0 Å². The molecule has 0 N–H and O–H groups in total. The Labute approximate surface area is 200 Å². The lowest BCUT2D eigenvalue weighted by atomic mass is 10.1. The Bertz CT molecular complexity index is 1080. The first-order valence-electron chi connectivity index (χ1n) is 9.82. The Morgan fingerprint density at radius 3 is 2.50 bits per heavy atom. The smallest absolute Gasteiger partial charge is 0.329 e. The number of benzene rings is 2. The lowest BCUT2D eigenvalue weighted by Gasteiger charge is -2.19. The van der Waals surface area contributed by atoms with E-state index < -0.39 is 23.2 Å². The Morgan fingerprint density at radius 2 is 1.88 bits per heavy atom. The van der Waals surface area contributed by atoms with Gasteiger partial charge < -0.3 is 9.47 Å². The average molecular weight is 494 g/mol. The minimum Gasteiger partial charge on any atom is -0.486 e. The molecule has 2 aromatic carbocycles. The van der Waals surface area contributed by atoms with Gasteiger partial charge >= 0.3 is 5.97 Å². The van der Waals surface area contributed by atoms with Gasteiger partial charge in [-0.25, -0.2) is 4.79 Å². The van der Waals surface area contributed by atoms with Crippen molar-refractivity contribution in [3.05, 3.63) is 68.0 Å². The number of thioether (sulfide) groups is 1. The maximum absolute atomic E-state index is 12.7. The molecule has 2 amide bonds. The Kier molecular flexibility index (Phi) is 7.87. The summed E-state index contributed by atoms with van der Waals surface area (Å²) in [6.45, 7) is 5.55. The first-order chi connectivity index (χ1) is 15.2. The molecule has 0 bridgehead atoms. The fourth-order valence-electron chi connectivity index (χ4n) is 3.09. The van der Waals surface area contributed by atoms with Crippen LogP contribution in [0.25, 0.3) is 6.08 Å². The van der Waals surface area contributed by atoms with E-state index in [1.54, 1.807) is 19.1 Å². The second-order valence-electron chi connectivity index (χ2n) is 7.07. The van der Waals surface area contributed by atoms with Crippen molar-refractivity contribution >= 4 is 58.2 Å². The molecule has 2 aromatic rings. The molecule has 0 aliphatic carbocycles. The molecule has 1 aliphatic rings. The van der Waals surface area contributed by atoms with Gasteiger partial charge in [0.1, 0.15) is 12.6 Å². The molecule has 1 saturated heterocycles. The molecule has 0 saturated carbocycles. The molecule has 0 aromatic heterocycles. The number of rotatable bonds is 7. The number of halogens is 2. The molecule has 1 atom stereocenters. The van der Waals surface area contributed by atoms with Gasteiger partial charge in [0.15, 0.2) is 5.75 Å². The third kappa shape index (κ3) is 5.46. The number of aryl methyl sites for hydroxylation is 1. The zero-order valence-electron chi connectivity index (χ0n) is 17.7. The Balaban J connectivity index is 1.78. The predicted octanol–water partition coefficient (Wildman–Crippen LogP) is 5.87. The number of imide groups is 1. The molecule has 0 unspecified atom stereocenters. The highest BCUT2D eigenvalue weighted by Gasteiger charge is 2.41. The van der Waals surface area contributed by atoms with E-state index >= 15 is 0 Å². The number of esters is 1. The number of carbonyl (C=O) groups excluding carboxylic acids is 3. The van der Waals surface area contributed by atoms with Crippen LogP contribution in [0.3, 0.4) is 0 Å². The summed E-state index contributed by atoms with van der Waals surface area (Å²) in [7, 11) is 0. The summed E-state index contributed by atoms with van der Waals surface area (Å²) >= 11 is 13.5. The number of hydrogen-bond acceptors (Lipinski definition) is 6. The van der Waals surface area contributed by atoms with Crippen LogP contribution in [0.1, 0.15) is 30.5 Å². The Hall–Kier alpha value is -2.48. The SMILES string of the molecule is CCOC(=O)[C@H](C)N1C(=O)S/C(=C/c2cc(Cl)c(OCc3cccc(C)c3)c(Cl)c2)C1=O. The lowest BCUT2D eigenvalue weighted by molar-refractivity contribution is -0.150. The normalized spacial score (nSPS) is 15.9. The number of amides is 2. The maximum atomic E-state index is 12.7. The number of ether oxygens (including phenoxy) is 2. The summed E-state index contributed by atoms with van der Waals surface area (Å²) < 4.78 is 10.7. The van der Waals surface area contributed by atoms with Crippen molar-refractivity contribution in [2.45, 2.75) is 33.4 Å². The topological polar surface area (TPSA) is 72.9 Å². The molecule has 0 radical (unpaired) electrons. The first kappa shape index (κ1) is 24.2. The van der Waals surface area contributed by atoms with Crippen LogP contribution in [-0.4, -0.2) is 34.7 Å². The van der Waals surface area contributed by atoms with Gasteiger partial charge in [-0.15, -0.1) is 0 Å². The molecule has 168 valence electrons. The van der Waals surface area contributed by atoms with Crippen LogP contribution in [0.15, 0.2) is 41.3 Å². The van der Waals surface area contributed by atoms with E-state index in [-0.39, 0.29) is 21.6 Å². The van der Waals surface area contributed by atoms with E-state index in [0.717, 1.165) is 27.8 Å². The maximum Gasteiger partial charge on any atom is 0.329 e. The zero-order chi connectivity index (χ0) is 23.4. The van der Waals surface area contributed by atoms with Crippen molar-refractivity contribution in [1.82, 2.24) is 4.90 Å². The summed E-state index contributed by atoms with van der Waals surface area (Å²) in [5.41, 5.74) is 2.62. The molecule has 32 heavy (non-hydrogen) atoms. The molecule has 3 rings (SSSR count). The van der Waals surface area contributed by atoms with Crippen LogP contribution in [0, 0.1) is 6.92 Å². The summed E-state index contributed by atoms with van der Waals surface area (Å²) in [6.07, 6.45) is 1.50. The molecule has 1 fully saturated rings. The lowest BCUT2D eigenvalue weighted by Crippen LogP contribution is -2.42. The van der Waals surface area contributed by atoms with Gasteiger partial charge in [0.2, 0.25) is 0 Å². The standard InChI is InChI=1S/C23H21Cl2NO5S/c1-4-30-22(28)14(3)26-21(27)19(32-23(26)29)11-16-9-17(24)20(18(25)10-16)31-12-15-7-5-6-13(2)8-15/h5-11,14H,4,12H2,1-3H3/b19-11+/t14-/m0/s1. The van der Waals surface area contributed by atoms with Crippen molar-refractivity contribution in [1.29, 1.82) is 0 Å². The highest BCUT2D eigenvalue weighted by molar-refractivity contribution is 8.18. The van der Waals surface area contributed by atoms with Gasteiger partial charge in [0.25, 0.3) is 11.1 Å². The summed E-state index contributed by atoms with van der Waals surface area (Å²) in [6, 6.07) is 10.1. The molecule has 6 nitrogen and oxygen atoms in total. The van der Waals surface area contributed by atoms with E-state index in [1.807, 2.05) is 31.2 Å². The van der Waals surface area contributed by atoms with Crippen LogP contribution in [0.5, 0.6) is 5.75 Å². The van der Waals surface area contributed by atoms with Crippen molar-refractivity contribution in [3.63, 3.8) is 0 Å². The summed E-state index contributed by atoms with van der Waals surface area (Å²) in [5.74, 6) is -0.888. The van der Waals surface area contributed by atoms with E-state index in [1.165, 1.54) is 13.0 Å². The number of carbonyl (C=O) groups is 3. The second-order valence-corrected chi connectivity index (χ2v) is 8.88. The average Bonchev–Trinajstić information content (AvgIpc) is 3.00.